The average molecular weight is 1300 g/mol. The van der Waals surface area contributed by atoms with Crippen LogP contribution in [0.15, 0.2) is 157 Å². The highest BCUT2D eigenvalue weighted by Crippen LogP contribution is 2.46. The molecule has 6 atom stereocenters. The second-order valence-corrected chi connectivity index (χ2v) is 22.8. The summed E-state index contributed by atoms with van der Waals surface area (Å²) in [4.78, 5) is 93.9. The molecule has 11 N–H and O–H groups in total. The van der Waals surface area contributed by atoms with Crippen LogP contribution in [-0.4, -0.2) is 96.0 Å². The van der Waals surface area contributed by atoms with Gasteiger partial charge < -0.3 is 77.0 Å². The first kappa shape index (κ1) is 70.0. The molecule has 0 spiro atoms. The fourth-order valence-electron chi connectivity index (χ4n) is 11.1. The zero-order valence-corrected chi connectivity index (χ0v) is 54.3. The van der Waals surface area contributed by atoms with Crippen LogP contribution in [0.2, 0.25) is 0 Å². The SMILES string of the molecule is CCCOC(=O)[C@@H]1C[C@H]1C(=O)Nc1cccc(NC(=O)[C@@H]2C[C@H]2C(=O)OCCC)c1\C1=C(N)/C=C\C=C(/c2c(OC)cccc2OC)C\C=C/C(N)=C(c2c(NC=O)cccc2NC(=O)[C@@H]2C[C@H]2C(=O)OCCC)/C(N)=C/C=C/C(c2c(OC)cccc2OC)=C/C=C\C1=N. The molecule has 0 aromatic heterocycles. The number of rotatable bonds is 25. The average Bonchev–Trinajstić information content (AvgIpc) is 1.77. The third-order valence-corrected chi connectivity index (χ3v) is 16.2. The Kier molecular flexibility index (Phi) is 24.4. The molecule has 4 aliphatic carbocycles. The molecule has 8 rings (SSSR count). The Morgan fingerprint density at radius 1 is 0.484 bits per heavy atom. The largest absolute Gasteiger partial charge is 0.496 e. The number of carbonyl (C=O) groups is 7. The van der Waals surface area contributed by atoms with Crippen LogP contribution in [0.3, 0.4) is 0 Å². The summed E-state index contributed by atoms with van der Waals surface area (Å²) >= 11 is 0. The topological polar surface area (TPSA) is 334 Å². The second kappa shape index (κ2) is 33.1. The van der Waals surface area contributed by atoms with E-state index in [1.165, 1.54) is 34.5 Å². The maximum absolute atomic E-state index is 14.3. The lowest BCUT2D eigenvalue weighted by molar-refractivity contribution is -0.146. The van der Waals surface area contributed by atoms with Gasteiger partial charge in [0.2, 0.25) is 24.1 Å². The summed E-state index contributed by atoms with van der Waals surface area (Å²) in [5.41, 5.74) is 25.1. The van der Waals surface area contributed by atoms with Gasteiger partial charge in [-0.2, -0.15) is 0 Å². The molecule has 0 aliphatic heterocycles. The van der Waals surface area contributed by atoms with Crippen LogP contribution in [0, 0.1) is 40.9 Å². The van der Waals surface area contributed by atoms with Gasteiger partial charge in [-0.3, -0.25) is 33.6 Å². The van der Waals surface area contributed by atoms with Gasteiger partial charge in [0, 0.05) is 39.4 Å². The molecule has 498 valence electrons. The Morgan fingerprint density at radius 2 is 0.884 bits per heavy atom. The van der Waals surface area contributed by atoms with Gasteiger partial charge in [-0.25, -0.2) is 0 Å². The third-order valence-electron chi connectivity index (χ3n) is 16.2. The molecule has 0 unspecified atom stereocenters. The molecule has 22 nitrogen and oxygen atoms in total. The van der Waals surface area contributed by atoms with Crippen molar-refractivity contribution in [2.45, 2.75) is 65.7 Å². The number of allylic oxidation sites excluding steroid dienone is 15. The van der Waals surface area contributed by atoms with Crippen molar-refractivity contribution < 1.29 is 66.7 Å². The van der Waals surface area contributed by atoms with Crippen molar-refractivity contribution in [2.75, 3.05) is 69.5 Å². The van der Waals surface area contributed by atoms with Crippen LogP contribution in [0.25, 0.3) is 22.3 Å². The van der Waals surface area contributed by atoms with Crippen molar-refractivity contribution in [1.29, 1.82) is 5.41 Å². The number of hydrogen-bond acceptors (Lipinski definition) is 18. The molecule has 4 aromatic carbocycles. The van der Waals surface area contributed by atoms with Crippen LogP contribution in [0.1, 0.15) is 88.0 Å². The van der Waals surface area contributed by atoms with E-state index in [0.29, 0.717) is 70.9 Å². The monoisotopic (exact) mass is 1290 g/mol. The number of benzene rings is 4. The van der Waals surface area contributed by atoms with E-state index in [1.54, 1.807) is 134 Å². The van der Waals surface area contributed by atoms with Crippen molar-refractivity contribution in [2.24, 2.45) is 52.7 Å². The summed E-state index contributed by atoms with van der Waals surface area (Å²) in [7, 11) is 6.04. The maximum Gasteiger partial charge on any atom is 0.309 e. The van der Waals surface area contributed by atoms with E-state index in [-0.39, 0.29) is 113 Å². The van der Waals surface area contributed by atoms with Gasteiger partial charge in [0.05, 0.1) is 123 Å². The molecule has 3 saturated carbocycles. The lowest BCUT2D eigenvalue weighted by Crippen LogP contribution is -2.22. The minimum absolute atomic E-state index is 0.0173. The zero-order valence-electron chi connectivity index (χ0n) is 54.3. The smallest absolute Gasteiger partial charge is 0.309 e. The van der Waals surface area contributed by atoms with E-state index < -0.39 is 71.1 Å². The first-order valence-electron chi connectivity index (χ1n) is 31.4. The van der Waals surface area contributed by atoms with E-state index in [2.05, 4.69) is 21.3 Å². The molecule has 0 heterocycles. The van der Waals surface area contributed by atoms with E-state index in [9.17, 15) is 39.0 Å². The molecule has 4 aliphatic rings. The van der Waals surface area contributed by atoms with Gasteiger partial charge in [0.1, 0.15) is 23.0 Å². The van der Waals surface area contributed by atoms with Gasteiger partial charge in [0.15, 0.2) is 0 Å². The Bertz CT molecular complexity index is 3800. The molecule has 3 fully saturated rings. The molecule has 4 amide bonds. The van der Waals surface area contributed by atoms with Gasteiger partial charge in [0.25, 0.3) is 0 Å². The highest BCUT2D eigenvalue weighted by atomic mass is 16.5. The van der Waals surface area contributed by atoms with E-state index >= 15 is 0 Å². The van der Waals surface area contributed by atoms with Gasteiger partial charge in [-0.05, 0) is 129 Å². The first-order valence-corrected chi connectivity index (χ1v) is 31.4. The predicted octanol–water partition coefficient (Wildman–Crippen LogP) is 10.6. The molecule has 4 aromatic rings. The first-order chi connectivity index (χ1) is 46.0. The minimum Gasteiger partial charge on any atom is -0.496 e. The Balaban J connectivity index is 1.35. The summed E-state index contributed by atoms with van der Waals surface area (Å²) in [6.45, 7) is 6.25. The lowest BCUT2D eigenvalue weighted by atomic mass is 9.93. The van der Waals surface area contributed by atoms with Crippen molar-refractivity contribution in [3.05, 3.63) is 179 Å². The number of esters is 3. The van der Waals surface area contributed by atoms with Crippen molar-refractivity contribution in [3.8, 4) is 23.0 Å². The quantitative estimate of drug-likeness (QED) is 0.0174. The number of ether oxygens (including phenoxy) is 7. The van der Waals surface area contributed by atoms with Crippen molar-refractivity contribution in [3.63, 3.8) is 0 Å². The van der Waals surface area contributed by atoms with E-state index in [0.717, 1.165) is 0 Å². The van der Waals surface area contributed by atoms with Crippen LogP contribution < -0.4 is 57.4 Å². The molecular weight excluding hydrogens is 1210 g/mol. The second-order valence-electron chi connectivity index (χ2n) is 22.8. The summed E-state index contributed by atoms with van der Waals surface area (Å²) < 4.78 is 39.8. The molecular formula is C73H82N8O14. The molecule has 0 bridgehead atoms. The van der Waals surface area contributed by atoms with E-state index in [1.807, 2.05) is 20.8 Å². The fourth-order valence-corrected chi connectivity index (χ4v) is 11.1. The Hall–Kier alpha value is -10.9. The number of amides is 4. The van der Waals surface area contributed by atoms with Crippen LogP contribution in [0.4, 0.5) is 22.7 Å². The summed E-state index contributed by atoms with van der Waals surface area (Å²) in [5.74, 6) is -5.37. The number of anilines is 4. The number of carbonyl (C=O) groups excluding carboxylic acids is 7. The third kappa shape index (κ3) is 17.2. The minimum atomic E-state index is -0.738. The van der Waals surface area contributed by atoms with Gasteiger partial charge in [-0.15, -0.1) is 0 Å². The number of nitrogens with two attached hydrogens (primary N) is 3. The highest BCUT2D eigenvalue weighted by molar-refractivity contribution is 6.31. The van der Waals surface area contributed by atoms with Crippen LogP contribution >= 0.6 is 0 Å². The Morgan fingerprint density at radius 3 is 1.33 bits per heavy atom. The molecule has 0 saturated heterocycles. The van der Waals surface area contributed by atoms with Crippen LogP contribution in [-0.2, 0) is 47.8 Å². The van der Waals surface area contributed by atoms with Gasteiger partial charge >= 0.3 is 17.9 Å². The van der Waals surface area contributed by atoms with Gasteiger partial charge in [-0.1, -0.05) is 87.6 Å². The number of hydrogen-bond donors (Lipinski definition) is 8. The molecule has 0 radical (unpaired) electrons. The van der Waals surface area contributed by atoms with Crippen molar-refractivity contribution in [1.82, 2.24) is 0 Å². The number of nitrogens with one attached hydrogen (secondary N) is 5. The van der Waals surface area contributed by atoms with Crippen LogP contribution in [0.5, 0.6) is 23.0 Å². The standard InChI is InChI=1S/C73H82N8O14/c1-8-35-93-71(86)47-38-44(47)68(83)79-55-28-15-27-54(78-41-82)66(55)64-50(74)23-11-19-42(62-58(89-4)31-17-32-59(62)90-5)21-13-25-52(76)65(53(77)26-14-22-43(20-12-24-51(64)75)63-60(91-6)33-18-34-61(63)92-7)67-56(80-69(84)45-39-48(45)72(87)94-36-9-2)29-16-30-57(67)81-70(85)46-40-49(46)73(88)95-37-10-3/h11-19,21-34,41,44-49,76H,8-10,20,35-40,74-75,77H2,1-7H3,(H,78,82)(H,79,83)(H,80,84)(H,81,85)/b19-11+,24-12-,25-13-,26-14-,42-21-,43-22-,50-23-,64-51+,65-53+,76-52?/t44-,45-,46-,47-,48-,49-/m1/s1. The van der Waals surface area contributed by atoms with E-state index in [4.69, 9.17) is 50.4 Å². The zero-order chi connectivity index (χ0) is 68.3. The summed E-state index contributed by atoms with van der Waals surface area (Å²) in [6, 6.07) is 20.2. The predicted molar refractivity (Wildman–Crippen MR) is 365 cm³/mol. The van der Waals surface area contributed by atoms with Crippen molar-refractivity contribution >= 4 is 92.8 Å². The normalized spacial score (nSPS) is 23.9. The lowest BCUT2D eigenvalue weighted by Gasteiger charge is -2.20. The highest BCUT2D eigenvalue weighted by Gasteiger charge is 2.51. The molecule has 22 heteroatoms. The maximum atomic E-state index is 14.3. The summed E-state index contributed by atoms with van der Waals surface area (Å²) in [5, 5.41) is 21.8. The summed E-state index contributed by atoms with van der Waals surface area (Å²) in [6.07, 6.45) is 21.2. The Labute approximate surface area is 552 Å². The fraction of sp³-hybridized carbons (Fsp3) is 0.315. The number of methoxy groups -OCH3 is 4. The molecule has 95 heavy (non-hydrogen) atoms.